The van der Waals surface area contributed by atoms with Crippen molar-refractivity contribution in [3.05, 3.63) is 23.8 Å². The first-order chi connectivity index (χ1) is 10.1. The Kier molecular flexibility index (Phi) is 7.61. The third-order valence-electron chi connectivity index (χ3n) is 3.34. The highest BCUT2D eigenvalue weighted by Gasteiger charge is 2.11. The molecule has 1 rings (SSSR count). The van der Waals surface area contributed by atoms with Gasteiger partial charge in [0.2, 0.25) is 0 Å². The highest BCUT2D eigenvalue weighted by molar-refractivity contribution is 5.77. The molecule has 0 aliphatic carbocycles. The molecule has 0 heterocycles. The minimum Gasteiger partial charge on any atom is -0.497 e. The van der Waals surface area contributed by atoms with Gasteiger partial charge in [0.15, 0.2) is 6.61 Å². The Morgan fingerprint density at radius 2 is 2.00 bits per heavy atom. The lowest BCUT2D eigenvalue weighted by Crippen LogP contribution is -2.37. The number of hydrogen-bond donors (Lipinski definition) is 2. The smallest absolute Gasteiger partial charge is 0.258 e. The van der Waals surface area contributed by atoms with E-state index in [-0.39, 0.29) is 18.6 Å². The number of benzene rings is 1. The van der Waals surface area contributed by atoms with Gasteiger partial charge in [-0.3, -0.25) is 4.79 Å². The summed E-state index contributed by atoms with van der Waals surface area (Å²) < 4.78 is 10.8. The summed E-state index contributed by atoms with van der Waals surface area (Å²) in [5.41, 5.74) is 0.965. The van der Waals surface area contributed by atoms with Crippen LogP contribution in [0.4, 0.5) is 0 Å². The Labute approximate surface area is 127 Å². The summed E-state index contributed by atoms with van der Waals surface area (Å²) in [6.45, 7) is 4.80. The van der Waals surface area contributed by atoms with Gasteiger partial charge in [-0.2, -0.15) is 0 Å². The molecular weight excluding hydrogens is 268 g/mol. The topological polar surface area (TPSA) is 59.6 Å². The molecule has 0 unspecified atom stereocenters. The fourth-order valence-corrected chi connectivity index (χ4v) is 2.06. The Morgan fingerprint density at radius 3 is 2.57 bits per heavy atom. The molecule has 5 nitrogen and oxygen atoms in total. The van der Waals surface area contributed by atoms with Gasteiger partial charge in [-0.05, 0) is 38.1 Å². The fraction of sp³-hybridized carbons (Fsp3) is 0.562. The quantitative estimate of drug-likeness (QED) is 0.732. The van der Waals surface area contributed by atoms with Crippen LogP contribution in [0.3, 0.4) is 0 Å². The summed E-state index contributed by atoms with van der Waals surface area (Å²) in [6.07, 6.45) is 1.85. The molecule has 1 aromatic rings. The average molecular weight is 294 g/mol. The fourth-order valence-electron chi connectivity index (χ4n) is 2.06. The lowest BCUT2D eigenvalue weighted by Gasteiger charge is -2.16. The molecule has 1 aromatic carbocycles. The highest BCUT2D eigenvalue weighted by atomic mass is 16.5. The van der Waals surface area contributed by atoms with E-state index in [0.717, 1.165) is 24.2 Å². The van der Waals surface area contributed by atoms with Crippen molar-refractivity contribution in [3.8, 4) is 11.5 Å². The first kappa shape index (κ1) is 17.3. The first-order valence-corrected chi connectivity index (χ1v) is 7.38. The van der Waals surface area contributed by atoms with E-state index < -0.39 is 0 Å². The molecule has 0 atom stereocenters. The number of hydrogen-bond acceptors (Lipinski definition) is 4. The van der Waals surface area contributed by atoms with Gasteiger partial charge in [0.05, 0.1) is 7.11 Å². The molecule has 0 bridgehead atoms. The zero-order chi connectivity index (χ0) is 15.7. The van der Waals surface area contributed by atoms with Crippen LogP contribution >= 0.6 is 0 Å². The standard InChI is InChI=1S/C16H26N2O3/c1-5-13(6-2)18-16(19)11-21-15-8-7-14(20-4)9-12(15)10-17-3/h7-9,13,17H,5-6,10-11H2,1-4H3,(H,18,19). The number of nitrogens with one attached hydrogen (secondary N) is 2. The molecule has 21 heavy (non-hydrogen) atoms. The van der Waals surface area contributed by atoms with Gasteiger partial charge < -0.3 is 20.1 Å². The number of carbonyl (C=O) groups excluding carboxylic acids is 1. The van der Waals surface area contributed by atoms with Crippen LogP contribution in [0.15, 0.2) is 18.2 Å². The van der Waals surface area contributed by atoms with Crippen molar-refractivity contribution in [2.45, 2.75) is 39.3 Å². The highest BCUT2D eigenvalue weighted by Crippen LogP contribution is 2.24. The predicted molar refractivity (Wildman–Crippen MR) is 83.8 cm³/mol. The summed E-state index contributed by atoms with van der Waals surface area (Å²) in [4.78, 5) is 11.9. The Balaban J connectivity index is 2.63. The maximum Gasteiger partial charge on any atom is 0.258 e. The molecule has 0 spiro atoms. The van der Waals surface area contributed by atoms with Gasteiger partial charge in [0, 0.05) is 18.2 Å². The summed E-state index contributed by atoms with van der Waals surface area (Å²) in [7, 11) is 3.49. The summed E-state index contributed by atoms with van der Waals surface area (Å²) >= 11 is 0. The van der Waals surface area contributed by atoms with Crippen LogP contribution < -0.4 is 20.1 Å². The molecular formula is C16H26N2O3. The van der Waals surface area contributed by atoms with Crippen LogP contribution in [0.2, 0.25) is 0 Å². The van der Waals surface area contributed by atoms with Crippen molar-refractivity contribution in [1.29, 1.82) is 0 Å². The summed E-state index contributed by atoms with van der Waals surface area (Å²) in [5, 5.41) is 6.03. The van der Waals surface area contributed by atoms with Crippen LogP contribution in [0.25, 0.3) is 0 Å². The maximum atomic E-state index is 11.9. The van der Waals surface area contributed by atoms with Gasteiger partial charge >= 0.3 is 0 Å². The second kappa shape index (κ2) is 9.23. The summed E-state index contributed by atoms with van der Waals surface area (Å²) in [5.74, 6) is 1.38. The predicted octanol–water partition coefficient (Wildman–Crippen LogP) is 2.10. The lowest BCUT2D eigenvalue weighted by molar-refractivity contribution is -0.123. The number of amides is 1. The van der Waals surface area contributed by atoms with Crippen molar-refractivity contribution in [3.63, 3.8) is 0 Å². The number of ether oxygens (including phenoxy) is 2. The van der Waals surface area contributed by atoms with Crippen molar-refractivity contribution in [2.24, 2.45) is 0 Å². The molecule has 2 N–H and O–H groups in total. The van der Waals surface area contributed by atoms with E-state index in [1.54, 1.807) is 7.11 Å². The van der Waals surface area contributed by atoms with Crippen LogP contribution in [-0.4, -0.2) is 32.7 Å². The Hall–Kier alpha value is -1.75. The average Bonchev–Trinajstić information content (AvgIpc) is 2.51. The van der Waals surface area contributed by atoms with E-state index >= 15 is 0 Å². The first-order valence-electron chi connectivity index (χ1n) is 7.38. The maximum absolute atomic E-state index is 11.9. The van der Waals surface area contributed by atoms with E-state index in [1.165, 1.54) is 0 Å². The zero-order valence-corrected chi connectivity index (χ0v) is 13.4. The van der Waals surface area contributed by atoms with E-state index in [1.807, 2.05) is 25.2 Å². The minimum atomic E-state index is -0.0880. The van der Waals surface area contributed by atoms with Gasteiger partial charge in [-0.1, -0.05) is 13.8 Å². The minimum absolute atomic E-state index is 0.0273. The largest absolute Gasteiger partial charge is 0.497 e. The molecule has 0 aliphatic heterocycles. The zero-order valence-electron chi connectivity index (χ0n) is 13.4. The van der Waals surface area contributed by atoms with Crippen molar-refractivity contribution in [2.75, 3.05) is 20.8 Å². The van der Waals surface area contributed by atoms with E-state index in [0.29, 0.717) is 12.3 Å². The molecule has 0 saturated heterocycles. The third-order valence-corrected chi connectivity index (χ3v) is 3.34. The van der Waals surface area contributed by atoms with Crippen LogP contribution in [0, 0.1) is 0 Å². The summed E-state index contributed by atoms with van der Waals surface area (Å²) in [6, 6.07) is 5.78. The van der Waals surface area contributed by atoms with E-state index in [9.17, 15) is 4.79 Å². The molecule has 0 aromatic heterocycles. The molecule has 0 saturated carbocycles. The van der Waals surface area contributed by atoms with Gasteiger partial charge in [0.25, 0.3) is 5.91 Å². The lowest BCUT2D eigenvalue weighted by atomic mass is 10.2. The van der Waals surface area contributed by atoms with Gasteiger partial charge in [-0.15, -0.1) is 0 Å². The molecule has 0 fully saturated rings. The van der Waals surface area contributed by atoms with Crippen molar-refractivity contribution < 1.29 is 14.3 Å². The van der Waals surface area contributed by atoms with Crippen LogP contribution in [0.1, 0.15) is 32.3 Å². The van der Waals surface area contributed by atoms with Crippen LogP contribution in [0.5, 0.6) is 11.5 Å². The second-order valence-electron chi connectivity index (χ2n) is 4.87. The molecule has 118 valence electrons. The number of methoxy groups -OCH3 is 1. The molecule has 0 aliphatic rings. The monoisotopic (exact) mass is 294 g/mol. The normalized spacial score (nSPS) is 10.5. The van der Waals surface area contributed by atoms with Gasteiger partial charge in [-0.25, -0.2) is 0 Å². The Bertz CT molecular complexity index is 445. The van der Waals surface area contributed by atoms with E-state index in [4.69, 9.17) is 9.47 Å². The van der Waals surface area contributed by atoms with E-state index in [2.05, 4.69) is 24.5 Å². The van der Waals surface area contributed by atoms with Gasteiger partial charge in [0.1, 0.15) is 11.5 Å². The Morgan fingerprint density at radius 1 is 1.29 bits per heavy atom. The van der Waals surface area contributed by atoms with Crippen molar-refractivity contribution in [1.82, 2.24) is 10.6 Å². The molecule has 1 amide bonds. The number of rotatable bonds is 9. The SMILES string of the molecule is CCC(CC)NC(=O)COc1ccc(OC)cc1CNC. The second-order valence-corrected chi connectivity index (χ2v) is 4.87. The number of carbonyl (C=O) groups is 1. The third kappa shape index (κ3) is 5.63. The molecule has 5 heteroatoms. The van der Waals surface area contributed by atoms with Crippen LogP contribution in [-0.2, 0) is 11.3 Å². The van der Waals surface area contributed by atoms with Crippen molar-refractivity contribution >= 4 is 5.91 Å². The molecule has 0 radical (unpaired) electrons.